The molecule has 0 spiro atoms. The molecule has 4 aliphatic carbocycles. The van der Waals surface area contributed by atoms with E-state index in [1.165, 1.54) is 88.7 Å². The maximum atomic E-state index is 2.48. The minimum absolute atomic E-state index is 0.375. The first-order valence-electron chi connectivity index (χ1n) is 24.0. The van der Waals surface area contributed by atoms with Crippen molar-refractivity contribution in [3.63, 3.8) is 0 Å². The Morgan fingerprint density at radius 2 is 0.545 bits per heavy atom. The van der Waals surface area contributed by atoms with Crippen LogP contribution < -0.4 is 9.80 Å². The Morgan fingerprint density at radius 1 is 0.258 bits per heavy atom. The largest absolute Gasteiger partial charge is 0.311 e. The van der Waals surface area contributed by atoms with Crippen LogP contribution in [0.1, 0.15) is 44.1 Å². The number of nitrogens with zero attached hydrogens (tertiary/aromatic N) is 2. The van der Waals surface area contributed by atoms with Crippen molar-refractivity contribution >= 4 is 34.1 Å². The van der Waals surface area contributed by atoms with Gasteiger partial charge in [0.25, 0.3) is 0 Å². The first-order valence-corrected chi connectivity index (χ1v) is 24.0. The third kappa shape index (κ3) is 7.81. The second kappa shape index (κ2) is 17.2. The van der Waals surface area contributed by atoms with E-state index in [0.29, 0.717) is 5.41 Å². The number of benzene rings is 9. The van der Waals surface area contributed by atoms with E-state index in [9.17, 15) is 0 Å². The Hall–Kier alpha value is -7.42. The Kier molecular flexibility index (Phi) is 10.4. The predicted molar refractivity (Wildman–Crippen MR) is 277 cm³/mol. The first-order chi connectivity index (χ1) is 32.6. The Labute approximate surface area is 390 Å². The zero-order chi connectivity index (χ0) is 43.9. The topological polar surface area (TPSA) is 6.48 Å². The summed E-state index contributed by atoms with van der Waals surface area (Å²) in [6.45, 7) is 0. The van der Waals surface area contributed by atoms with Crippen LogP contribution in [0.4, 0.5) is 34.1 Å². The molecule has 0 atom stereocenters. The maximum Gasteiger partial charge on any atom is 0.0467 e. The minimum atomic E-state index is 0.375. The second-order valence-corrected chi connectivity index (χ2v) is 19.3. The molecular weight excluding hydrogens is 797 g/mol. The number of rotatable bonds is 11. The minimum Gasteiger partial charge on any atom is -0.311 e. The summed E-state index contributed by atoms with van der Waals surface area (Å²) in [6.07, 6.45) is 8.54. The van der Waals surface area contributed by atoms with Crippen molar-refractivity contribution in [3.05, 3.63) is 242 Å². The molecule has 4 bridgehead atoms. The second-order valence-electron chi connectivity index (χ2n) is 19.3. The summed E-state index contributed by atoms with van der Waals surface area (Å²) < 4.78 is 0. The molecule has 0 N–H and O–H groups in total. The molecule has 9 aromatic rings. The van der Waals surface area contributed by atoms with Gasteiger partial charge in [-0.1, -0.05) is 164 Å². The van der Waals surface area contributed by atoms with Gasteiger partial charge in [0.1, 0.15) is 0 Å². The molecule has 9 aromatic carbocycles. The van der Waals surface area contributed by atoms with Gasteiger partial charge in [0.15, 0.2) is 0 Å². The summed E-state index contributed by atoms with van der Waals surface area (Å²) in [5.74, 6) is 2.78. The third-order valence-corrected chi connectivity index (χ3v) is 15.0. The van der Waals surface area contributed by atoms with Gasteiger partial charge in [0.05, 0.1) is 0 Å². The molecule has 2 heteroatoms. The smallest absolute Gasteiger partial charge is 0.0467 e. The fourth-order valence-corrected chi connectivity index (χ4v) is 12.3. The highest BCUT2D eigenvalue weighted by molar-refractivity contribution is 5.83. The van der Waals surface area contributed by atoms with Crippen molar-refractivity contribution in [2.24, 2.45) is 17.8 Å². The Morgan fingerprint density at radius 3 is 0.909 bits per heavy atom. The molecule has 320 valence electrons. The Bertz CT molecular complexity index is 2930. The van der Waals surface area contributed by atoms with E-state index in [2.05, 4.69) is 246 Å². The fraction of sp³-hybridized carbons (Fsp3) is 0.156. The molecule has 0 amide bonds. The highest BCUT2D eigenvalue weighted by Crippen LogP contribution is 2.61. The van der Waals surface area contributed by atoms with Gasteiger partial charge < -0.3 is 9.80 Å². The quantitative estimate of drug-likeness (QED) is 0.128. The van der Waals surface area contributed by atoms with Crippen LogP contribution in [0.15, 0.2) is 237 Å². The molecule has 0 heterocycles. The number of hydrogen-bond acceptors (Lipinski definition) is 2. The summed E-state index contributed by atoms with van der Waals surface area (Å²) in [5, 5.41) is 0. The highest BCUT2D eigenvalue weighted by Gasteiger charge is 2.51. The van der Waals surface area contributed by atoms with Crippen LogP contribution in [0.5, 0.6) is 0 Å². The summed E-state index contributed by atoms with van der Waals surface area (Å²) in [6, 6.07) is 86.7. The van der Waals surface area contributed by atoms with Crippen LogP contribution in [0.2, 0.25) is 0 Å². The van der Waals surface area contributed by atoms with Gasteiger partial charge in [-0.25, -0.2) is 0 Å². The van der Waals surface area contributed by atoms with Gasteiger partial charge in [-0.05, 0) is 185 Å². The number of anilines is 6. The summed E-state index contributed by atoms with van der Waals surface area (Å²) in [5.41, 5.74) is 18.4. The molecule has 4 aliphatic rings. The maximum absolute atomic E-state index is 2.48. The van der Waals surface area contributed by atoms with Crippen molar-refractivity contribution in [1.29, 1.82) is 0 Å². The van der Waals surface area contributed by atoms with Crippen molar-refractivity contribution in [2.75, 3.05) is 9.80 Å². The highest BCUT2D eigenvalue weighted by atomic mass is 15.1. The summed E-state index contributed by atoms with van der Waals surface area (Å²) in [7, 11) is 0. The average Bonchev–Trinajstić information content (AvgIpc) is 3.38. The lowest BCUT2D eigenvalue weighted by Crippen LogP contribution is -2.48. The molecule has 0 aliphatic heterocycles. The van der Waals surface area contributed by atoms with Crippen molar-refractivity contribution in [2.45, 2.75) is 43.9 Å². The summed E-state index contributed by atoms with van der Waals surface area (Å²) >= 11 is 0. The SMILES string of the molecule is c1ccc(-c2ccc(N(c3ccc(-c4ccccc4)cc3)c3ccc(-c4ccc(N(c5ccc(C67CC8CC(CC(C8)C6)C7)cc5)c5cccc(-c6ccccc6)c5)cc4)cc3)cc2)cc1. The van der Waals surface area contributed by atoms with Crippen molar-refractivity contribution in [3.8, 4) is 44.5 Å². The van der Waals surface area contributed by atoms with Crippen molar-refractivity contribution in [1.82, 2.24) is 0 Å². The van der Waals surface area contributed by atoms with E-state index >= 15 is 0 Å². The van der Waals surface area contributed by atoms with Gasteiger partial charge in [0, 0.05) is 34.1 Å². The standard InChI is InChI=1S/C64H54N2/c1-4-11-49(12-5-1)52-19-29-58(30-20-52)65(59-31-21-53(22-32-59)50-13-6-2-7-14-50)60-33-23-54(24-34-60)55-25-35-61(36-26-55)66(63-18-10-17-56(42-63)51-15-8-3-9-16-51)62-37-27-57(28-38-62)64-43-46-39-47(44-64)41-48(40-46)45-64/h1-38,42,46-48H,39-41,43-45H2. The normalized spacial score (nSPS) is 19.4. The Balaban J connectivity index is 0.861. The molecule has 0 saturated heterocycles. The zero-order valence-electron chi connectivity index (χ0n) is 37.4. The molecule has 13 rings (SSSR count). The third-order valence-electron chi connectivity index (χ3n) is 15.0. The lowest BCUT2D eigenvalue weighted by Gasteiger charge is -2.57. The molecular formula is C64H54N2. The number of hydrogen-bond donors (Lipinski definition) is 0. The van der Waals surface area contributed by atoms with E-state index in [0.717, 1.165) is 46.2 Å². The average molecular weight is 851 g/mol. The summed E-state index contributed by atoms with van der Waals surface area (Å²) in [4.78, 5) is 4.79. The molecule has 66 heavy (non-hydrogen) atoms. The van der Waals surface area contributed by atoms with Crippen LogP contribution in [-0.2, 0) is 5.41 Å². The van der Waals surface area contributed by atoms with E-state index in [4.69, 9.17) is 0 Å². The van der Waals surface area contributed by atoms with Gasteiger partial charge in [-0.15, -0.1) is 0 Å². The van der Waals surface area contributed by atoms with Gasteiger partial charge >= 0.3 is 0 Å². The van der Waals surface area contributed by atoms with Crippen LogP contribution in [0.3, 0.4) is 0 Å². The van der Waals surface area contributed by atoms with Gasteiger partial charge in [0.2, 0.25) is 0 Å². The van der Waals surface area contributed by atoms with Crippen LogP contribution in [0, 0.1) is 17.8 Å². The molecule has 4 fully saturated rings. The van der Waals surface area contributed by atoms with Gasteiger partial charge in [-0.2, -0.15) is 0 Å². The van der Waals surface area contributed by atoms with E-state index < -0.39 is 0 Å². The van der Waals surface area contributed by atoms with Crippen LogP contribution >= 0.6 is 0 Å². The van der Waals surface area contributed by atoms with E-state index in [1.54, 1.807) is 5.56 Å². The molecule has 0 unspecified atom stereocenters. The fourth-order valence-electron chi connectivity index (χ4n) is 12.3. The molecule has 2 nitrogen and oxygen atoms in total. The van der Waals surface area contributed by atoms with Crippen LogP contribution in [-0.4, -0.2) is 0 Å². The molecule has 0 aromatic heterocycles. The van der Waals surface area contributed by atoms with Crippen molar-refractivity contribution < 1.29 is 0 Å². The van der Waals surface area contributed by atoms with Gasteiger partial charge in [-0.3, -0.25) is 0 Å². The lowest BCUT2D eigenvalue weighted by atomic mass is 9.48. The van der Waals surface area contributed by atoms with Crippen LogP contribution in [0.25, 0.3) is 44.5 Å². The zero-order valence-corrected chi connectivity index (χ0v) is 37.4. The predicted octanol–water partition coefficient (Wildman–Crippen LogP) is 17.8. The first kappa shape index (κ1) is 40.1. The molecule has 4 saturated carbocycles. The van der Waals surface area contributed by atoms with E-state index in [-0.39, 0.29) is 0 Å². The van der Waals surface area contributed by atoms with E-state index in [1.807, 2.05) is 0 Å². The lowest BCUT2D eigenvalue weighted by molar-refractivity contribution is -0.00518. The monoisotopic (exact) mass is 850 g/mol. The molecule has 0 radical (unpaired) electrons.